The maximum atomic E-state index is 12.4. The van der Waals surface area contributed by atoms with E-state index in [9.17, 15) is 9.59 Å². The van der Waals surface area contributed by atoms with E-state index in [2.05, 4.69) is 16.0 Å². The molecule has 7 heteroatoms. The van der Waals surface area contributed by atoms with E-state index < -0.39 is 17.4 Å². The number of hydrogen-bond donors (Lipinski definition) is 3. The van der Waals surface area contributed by atoms with Gasteiger partial charge in [0, 0.05) is 37.7 Å². The number of fused-ring (bicyclic) bond motifs is 1. The second-order valence-corrected chi connectivity index (χ2v) is 7.14. The molecule has 0 aliphatic carbocycles. The van der Waals surface area contributed by atoms with Gasteiger partial charge in [-0.15, -0.1) is 0 Å². The van der Waals surface area contributed by atoms with Gasteiger partial charge >= 0.3 is 6.09 Å². The SMILES string of the molecule is CC(C)(C)OC(=O)Nc1ccc2c(c1)OC1(CCNCC1)NC2=O. The zero-order chi connectivity index (χ0) is 17.4. The fraction of sp³-hybridized carbons (Fsp3) is 0.529. The molecular formula is C17H23N3O4. The lowest BCUT2D eigenvalue weighted by molar-refractivity contribution is -0.00346. The third-order valence-electron chi connectivity index (χ3n) is 3.93. The molecule has 0 saturated carbocycles. The van der Waals surface area contributed by atoms with E-state index in [1.165, 1.54) is 0 Å². The maximum absolute atomic E-state index is 12.4. The largest absolute Gasteiger partial charge is 0.467 e. The predicted molar refractivity (Wildman–Crippen MR) is 89.2 cm³/mol. The Morgan fingerprint density at radius 1 is 1.29 bits per heavy atom. The minimum absolute atomic E-state index is 0.151. The third kappa shape index (κ3) is 3.62. The lowest BCUT2D eigenvalue weighted by Gasteiger charge is -2.41. The van der Waals surface area contributed by atoms with Gasteiger partial charge in [0.25, 0.3) is 5.91 Å². The average molecular weight is 333 g/mol. The molecule has 1 saturated heterocycles. The first kappa shape index (κ1) is 16.6. The number of carbonyl (C=O) groups is 2. The highest BCUT2D eigenvalue weighted by Gasteiger charge is 2.40. The van der Waals surface area contributed by atoms with Crippen LogP contribution in [-0.4, -0.2) is 36.4 Å². The molecule has 1 aromatic carbocycles. The van der Waals surface area contributed by atoms with E-state index in [4.69, 9.17) is 9.47 Å². The van der Waals surface area contributed by atoms with Crippen LogP contribution in [0.25, 0.3) is 0 Å². The van der Waals surface area contributed by atoms with Gasteiger partial charge in [-0.05, 0) is 32.9 Å². The molecule has 24 heavy (non-hydrogen) atoms. The van der Waals surface area contributed by atoms with E-state index >= 15 is 0 Å². The van der Waals surface area contributed by atoms with Crippen LogP contribution in [-0.2, 0) is 4.74 Å². The molecule has 0 radical (unpaired) electrons. The number of amides is 2. The molecule has 1 fully saturated rings. The van der Waals surface area contributed by atoms with Gasteiger partial charge in [0.15, 0.2) is 5.72 Å². The minimum atomic E-state index is -0.667. The van der Waals surface area contributed by atoms with Crippen LogP contribution in [0, 0.1) is 0 Å². The first-order valence-electron chi connectivity index (χ1n) is 8.13. The molecule has 1 spiro atoms. The van der Waals surface area contributed by atoms with Crippen LogP contribution in [0.4, 0.5) is 10.5 Å². The fourth-order valence-electron chi connectivity index (χ4n) is 2.86. The molecule has 0 bridgehead atoms. The van der Waals surface area contributed by atoms with Crippen molar-refractivity contribution < 1.29 is 19.1 Å². The number of benzene rings is 1. The summed E-state index contributed by atoms with van der Waals surface area (Å²) in [7, 11) is 0. The maximum Gasteiger partial charge on any atom is 0.412 e. The van der Waals surface area contributed by atoms with Crippen LogP contribution in [0.3, 0.4) is 0 Å². The monoisotopic (exact) mass is 333 g/mol. The van der Waals surface area contributed by atoms with Gasteiger partial charge in [0.1, 0.15) is 11.4 Å². The minimum Gasteiger partial charge on any atom is -0.467 e. The molecule has 0 atom stereocenters. The van der Waals surface area contributed by atoms with Crippen molar-refractivity contribution in [2.75, 3.05) is 18.4 Å². The van der Waals surface area contributed by atoms with Crippen molar-refractivity contribution in [1.82, 2.24) is 10.6 Å². The van der Waals surface area contributed by atoms with E-state index in [1.54, 1.807) is 39.0 Å². The molecule has 1 aromatic rings. The van der Waals surface area contributed by atoms with Crippen molar-refractivity contribution in [2.24, 2.45) is 0 Å². The van der Waals surface area contributed by atoms with Crippen molar-refractivity contribution in [3.8, 4) is 5.75 Å². The van der Waals surface area contributed by atoms with Crippen LogP contribution >= 0.6 is 0 Å². The van der Waals surface area contributed by atoms with Crippen molar-refractivity contribution in [1.29, 1.82) is 0 Å². The summed E-state index contributed by atoms with van der Waals surface area (Å²) in [6, 6.07) is 4.97. The van der Waals surface area contributed by atoms with Crippen molar-refractivity contribution in [3.63, 3.8) is 0 Å². The van der Waals surface area contributed by atoms with Crippen molar-refractivity contribution >= 4 is 17.7 Å². The normalized spacial score (nSPS) is 19.0. The summed E-state index contributed by atoms with van der Waals surface area (Å²) in [5.74, 6) is 0.330. The van der Waals surface area contributed by atoms with Crippen LogP contribution in [0.15, 0.2) is 18.2 Å². The zero-order valence-electron chi connectivity index (χ0n) is 14.2. The van der Waals surface area contributed by atoms with Crippen molar-refractivity contribution in [3.05, 3.63) is 23.8 Å². The van der Waals surface area contributed by atoms with Gasteiger partial charge in [0.2, 0.25) is 0 Å². The van der Waals surface area contributed by atoms with Crippen LogP contribution in [0.5, 0.6) is 5.75 Å². The van der Waals surface area contributed by atoms with Gasteiger partial charge < -0.3 is 20.1 Å². The highest BCUT2D eigenvalue weighted by molar-refractivity contribution is 5.99. The van der Waals surface area contributed by atoms with Gasteiger partial charge in [-0.1, -0.05) is 0 Å². The smallest absolute Gasteiger partial charge is 0.412 e. The Morgan fingerprint density at radius 2 is 2.00 bits per heavy atom. The summed E-state index contributed by atoms with van der Waals surface area (Å²) in [6.07, 6.45) is 0.850. The highest BCUT2D eigenvalue weighted by atomic mass is 16.6. The summed E-state index contributed by atoms with van der Waals surface area (Å²) in [6.45, 7) is 6.96. The molecule has 0 unspecified atom stereocenters. The molecule has 2 amide bonds. The summed E-state index contributed by atoms with van der Waals surface area (Å²) < 4.78 is 11.3. The van der Waals surface area contributed by atoms with Crippen LogP contribution in [0.2, 0.25) is 0 Å². The molecule has 3 N–H and O–H groups in total. The number of hydrogen-bond acceptors (Lipinski definition) is 5. The second-order valence-electron chi connectivity index (χ2n) is 7.14. The molecule has 2 aliphatic rings. The molecule has 130 valence electrons. The number of nitrogens with one attached hydrogen (secondary N) is 3. The Bertz CT molecular complexity index is 660. The quantitative estimate of drug-likeness (QED) is 0.733. The fourth-order valence-corrected chi connectivity index (χ4v) is 2.86. The lowest BCUT2D eigenvalue weighted by atomic mass is 9.98. The third-order valence-corrected chi connectivity index (χ3v) is 3.93. The molecule has 2 aliphatic heterocycles. The number of carbonyl (C=O) groups excluding carboxylic acids is 2. The molecule has 3 rings (SSSR count). The Kier molecular flexibility index (Phi) is 4.13. The summed E-state index contributed by atoms with van der Waals surface area (Å²) in [5, 5.41) is 8.89. The Hall–Kier alpha value is -2.28. The Balaban J connectivity index is 1.79. The Morgan fingerprint density at radius 3 is 2.67 bits per heavy atom. The molecule has 0 aromatic heterocycles. The summed E-state index contributed by atoms with van der Waals surface area (Å²) in [4.78, 5) is 24.3. The molecule has 7 nitrogen and oxygen atoms in total. The molecule has 2 heterocycles. The lowest BCUT2D eigenvalue weighted by Crippen LogP contribution is -2.60. The Labute approximate surface area is 141 Å². The average Bonchev–Trinajstić information content (AvgIpc) is 2.45. The van der Waals surface area contributed by atoms with E-state index in [-0.39, 0.29) is 5.91 Å². The molecular weight excluding hydrogens is 310 g/mol. The first-order valence-corrected chi connectivity index (χ1v) is 8.13. The van der Waals surface area contributed by atoms with Gasteiger partial charge in [-0.2, -0.15) is 0 Å². The second kappa shape index (κ2) is 5.98. The van der Waals surface area contributed by atoms with Gasteiger partial charge in [-0.25, -0.2) is 4.79 Å². The topological polar surface area (TPSA) is 88.7 Å². The van der Waals surface area contributed by atoms with E-state index in [0.29, 0.717) is 29.8 Å². The van der Waals surface area contributed by atoms with E-state index in [1.807, 2.05) is 0 Å². The highest BCUT2D eigenvalue weighted by Crippen LogP contribution is 2.34. The number of rotatable bonds is 1. The predicted octanol–water partition coefficient (Wildman–Crippen LogP) is 2.24. The van der Waals surface area contributed by atoms with Crippen LogP contribution < -0.4 is 20.7 Å². The van der Waals surface area contributed by atoms with Gasteiger partial charge in [-0.3, -0.25) is 10.1 Å². The van der Waals surface area contributed by atoms with Crippen molar-refractivity contribution in [2.45, 2.75) is 44.9 Å². The van der Waals surface area contributed by atoms with E-state index in [0.717, 1.165) is 13.1 Å². The number of ether oxygens (including phenoxy) is 2. The summed E-state index contributed by atoms with van der Waals surface area (Å²) in [5.41, 5.74) is -0.246. The van der Waals surface area contributed by atoms with Gasteiger partial charge in [0.05, 0.1) is 5.56 Å². The first-order chi connectivity index (χ1) is 11.3. The zero-order valence-corrected chi connectivity index (χ0v) is 14.2. The number of anilines is 1. The number of piperidine rings is 1. The standard InChI is InChI=1S/C17H23N3O4/c1-16(2,3)24-15(22)19-11-4-5-12-13(10-11)23-17(20-14(12)21)6-8-18-9-7-17/h4-5,10,18H,6-9H2,1-3H3,(H,19,22)(H,20,21). The van der Waals surface area contributed by atoms with Crippen LogP contribution in [0.1, 0.15) is 44.0 Å². The summed E-state index contributed by atoms with van der Waals surface area (Å²) >= 11 is 0.